The van der Waals surface area contributed by atoms with Gasteiger partial charge in [0.05, 0.1) is 5.41 Å². The van der Waals surface area contributed by atoms with Crippen LogP contribution < -0.4 is 0 Å². The van der Waals surface area contributed by atoms with Gasteiger partial charge in [0.25, 0.3) is 0 Å². The summed E-state index contributed by atoms with van der Waals surface area (Å²) in [5.41, 5.74) is -1.91. The van der Waals surface area contributed by atoms with Gasteiger partial charge in [-0.1, -0.05) is 12.5 Å². The molecule has 4 aliphatic carbocycles. The zero-order valence-electron chi connectivity index (χ0n) is 17.5. The molecule has 3 fully saturated rings. The molecular formula is C23H30O6. The summed E-state index contributed by atoms with van der Waals surface area (Å²) in [5.74, 6) is -0.737. The number of esters is 1. The Morgan fingerprint density at radius 1 is 1.14 bits per heavy atom. The third-order valence-corrected chi connectivity index (χ3v) is 8.83. The third-order valence-electron chi connectivity index (χ3n) is 8.83. The van der Waals surface area contributed by atoms with Crippen LogP contribution in [0.25, 0.3) is 0 Å². The first-order chi connectivity index (χ1) is 13.5. The van der Waals surface area contributed by atoms with Crippen molar-refractivity contribution in [2.75, 3.05) is 6.61 Å². The SMILES string of the molecule is CC(=O)OCC(=O)[C@@]1(O)CC[C@H]2[C@@H]3CCC4=CC(=O)CC[C@]4(C)[C@H]3CC(=O)[C@@]21C. The Bertz CT molecular complexity index is 827. The second kappa shape index (κ2) is 6.59. The highest BCUT2D eigenvalue weighted by atomic mass is 16.5. The van der Waals surface area contributed by atoms with Crippen molar-refractivity contribution in [3.8, 4) is 0 Å². The van der Waals surface area contributed by atoms with E-state index in [-0.39, 0.29) is 41.2 Å². The Kier molecular flexibility index (Phi) is 4.65. The minimum absolute atomic E-state index is 0.0701. The number of carbonyl (C=O) groups is 4. The van der Waals surface area contributed by atoms with E-state index in [2.05, 4.69) is 6.92 Å². The molecule has 0 heterocycles. The number of ketones is 3. The van der Waals surface area contributed by atoms with Crippen molar-refractivity contribution < 1.29 is 29.0 Å². The van der Waals surface area contributed by atoms with Gasteiger partial charge in [-0.2, -0.15) is 0 Å². The zero-order valence-corrected chi connectivity index (χ0v) is 17.5. The van der Waals surface area contributed by atoms with Crippen molar-refractivity contribution in [1.29, 1.82) is 0 Å². The maximum Gasteiger partial charge on any atom is 0.303 e. The molecule has 4 aliphatic rings. The molecule has 0 aromatic rings. The second-order valence-electron chi connectivity index (χ2n) is 9.90. The summed E-state index contributed by atoms with van der Waals surface area (Å²) in [6, 6.07) is 0. The van der Waals surface area contributed by atoms with Crippen LogP contribution in [-0.4, -0.2) is 40.6 Å². The van der Waals surface area contributed by atoms with E-state index in [0.717, 1.165) is 19.3 Å². The highest BCUT2D eigenvalue weighted by molar-refractivity contribution is 6.00. The normalized spacial score (nSPS) is 43.7. The number of ether oxygens (including phenoxy) is 1. The molecule has 158 valence electrons. The molecule has 0 spiro atoms. The molecule has 0 bridgehead atoms. The maximum absolute atomic E-state index is 13.5. The number of hydrogen-bond acceptors (Lipinski definition) is 6. The molecule has 4 rings (SSSR count). The molecule has 6 nitrogen and oxygen atoms in total. The van der Waals surface area contributed by atoms with Crippen LogP contribution in [0.3, 0.4) is 0 Å². The minimum atomic E-state index is -1.78. The topological polar surface area (TPSA) is 97.7 Å². The van der Waals surface area contributed by atoms with Gasteiger partial charge >= 0.3 is 5.97 Å². The van der Waals surface area contributed by atoms with Gasteiger partial charge in [-0.05, 0) is 68.3 Å². The molecule has 0 unspecified atom stereocenters. The molecule has 29 heavy (non-hydrogen) atoms. The molecule has 0 aromatic carbocycles. The summed E-state index contributed by atoms with van der Waals surface area (Å²) in [5, 5.41) is 11.4. The number of allylic oxidation sites excluding steroid dienone is 1. The van der Waals surface area contributed by atoms with Crippen molar-refractivity contribution in [1.82, 2.24) is 0 Å². The molecule has 0 saturated heterocycles. The number of fused-ring (bicyclic) bond motifs is 5. The lowest BCUT2D eigenvalue weighted by Crippen LogP contribution is -2.62. The van der Waals surface area contributed by atoms with Crippen molar-refractivity contribution >= 4 is 23.3 Å². The standard InChI is InChI=1S/C23H30O6/c1-13(24)29-12-20(27)23(28)9-7-17-16-5-4-14-10-15(25)6-8-21(14,2)18(16)11-19(26)22(17,23)3/h10,16-18,28H,4-9,11-12H2,1-3H3/t16-,17-,18-,21-,22+,23-/m0/s1. The van der Waals surface area contributed by atoms with Crippen LogP contribution in [-0.2, 0) is 23.9 Å². The summed E-state index contributed by atoms with van der Waals surface area (Å²) in [7, 11) is 0. The van der Waals surface area contributed by atoms with Gasteiger partial charge in [0, 0.05) is 19.8 Å². The van der Waals surface area contributed by atoms with Crippen molar-refractivity contribution in [2.45, 2.75) is 71.3 Å². The van der Waals surface area contributed by atoms with Crippen LogP contribution in [0.4, 0.5) is 0 Å². The summed E-state index contributed by atoms with van der Waals surface area (Å²) >= 11 is 0. The molecule has 6 heteroatoms. The highest BCUT2D eigenvalue weighted by Crippen LogP contribution is 2.66. The van der Waals surface area contributed by atoms with Crippen LogP contribution in [0.2, 0.25) is 0 Å². The van der Waals surface area contributed by atoms with Crippen molar-refractivity contribution in [3.05, 3.63) is 11.6 Å². The van der Waals surface area contributed by atoms with Gasteiger partial charge < -0.3 is 9.84 Å². The van der Waals surface area contributed by atoms with Gasteiger partial charge in [0.15, 0.2) is 12.4 Å². The summed E-state index contributed by atoms with van der Waals surface area (Å²) in [6.07, 6.45) is 5.95. The van der Waals surface area contributed by atoms with E-state index in [0.29, 0.717) is 19.3 Å². The van der Waals surface area contributed by atoms with E-state index in [1.54, 1.807) is 13.0 Å². The summed E-state index contributed by atoms with van der Waals surface area (Å²) in [6.45, 7) is 4.65. The molecule has 0 amide bonds. The van der Waals surface area contributed by atoms with Crippen LogP contribution >= 0.6 is 0 Å². The first-order valence-electron chi connectivity index (χ1n) is 10.7. The zero-order chi connectivity index (χ0) is 21.2. The van der Waals surface area contributed by atoms with E-state index in [4.69, 9.17) is 4.74 Å². The first-order valence-corrected chi connectivity index (χ1v) is 10.7. The van der Waals surface area contributed by atoms with Gasteiger partial charge in [-0.15, -0.1) is 0 Å². The smallest absolute Gasteiger partial charge is 0.303 e. The van der Waals surface area contributed by atoms with Gasteiger partial charge in [0.2, 0.25) is 5.78 Å². The van der Waals surface area contributed by atoms with E-state index >= 15 is 0 Å². The Morgan fingerprint density at radius 2 is 1.86 bits per heavy atom. The summed E-state index contributed by atoms with van der Waals surface area (Å²) in [4.78, 5) is 49.4. The Morgan fingerprint density at radius 3 is 2.55 bits per heavy atom. The number of Topliss-reactive ketones (excluding diaryl/α,β-unsaturated/α-hetero) is 2. The lowest BCUT2D eigenvalue weighted by molar-refractivity contribution is -0.176. The molecule has 0 aromatic heterocycles. The van der Waals surface area contributed by atoms with E-state index in [1.165, 1.54) is 12.5 Å². The predicted molar refractivity (Wildman–Crippen MR) is 104 cm³/mol. The lowest BCUT2D eigenvalue weighted by atomic mass is 9.46. The van der Waals surface area contributed by atoms with Crippen molar-refractivity contribution in [3.63, 3.8) is 0 Å². The quantitative estimate of drug-likeness (QED) is 0.729. The van der Waals surface area contributed by atoms with Crippen LogP contribution in [0, 0.1) is 28.6 Å². The molecule has 1 N–H and O–H groups in total. The second-order valence-corrected chi connectivity index (χ2v) is 9.90. The monoisotopic (exact) mass is 402 g/mol. The first kappa shape index (κ1) is 20.5. The number of hydrogen-bond donors (Lipinski definition) is 1. The van der Waals surface area contributed by atoms with Gasteiger partial charge in [-0.3, -0.25) is 19.2 Å². The third kappa shape index (κ3) is 2.71. The molecule has 3 saturated carbocycles. The fraction of sp³-hybridized carbons (Fsp3) is 0.739. The molecular weight excluding hydrogens is 372 g/mol. The highest BCUT2D eigenvalue weighted by Gasteiger charge is 2.69. The number of aliphatic hydroxyl groups is 1. The predicted octanol–water partition coefficient (Wildman–Crippen LogP) is 2.56. The molecule has 0 radical (unpaired) electrons. The minimum Gasteiger partial charge on any atom is -0.458 e. The Balaban J connectivity index is 1.67. The van der Waals surface area contributed by atoms with Gasteiger partial charge in [-0.25, -0.2) is 0 Å². The van der Waals surface area contributed by atoms with E-state index in [9.17, 15) is 24.3 Å². The fourth-order valence-electron chi connectivity index (χ4n) is 7.04. The van der Waals surface area contributed by atoms with Crippen LogP contribution in [0.1, 0.15) is 65.7 Å². The Hall–Kier alpha value is -1.82. The van der Waals surface area contributed by atoms with E-state index < -0.39 is 29.4 Å². The fourth-order valence-corrected chi connectivity index (χ4v) is 7.04. The average Bonchev–Trinajstić information content (AvgIpc) is 2.95. The summed E-state index contributed by atoms with van der Waals surface area (Å²) < 4.78 is 4.85. The van der Waals surface area contributed by atoms with Crippen LogP contribution in [0.5, 0.6) is 0 Å². The Labute approximate surface area is 171 Å². The lowest BCUT2D eigenvalue weighted by Gasteiger charge is -2.57. The van der Waals surface area contributed by atoms with Crippen LogP contribution in [0.15, 0.2) is 11.6 Å². The molecule has 0 aliphatic heterocycles. The average molecular weight is 402 g/mol. The largest absolute Gasteiger partial charge is 0.458 e. The number of rotatable bonds is 3. The number of carbonyl (C=O) groups excluding carboxylic acids is 4. The van der Waals surface area contributed by atoms with Gasteiger partial charge in [0.1, 0.15) is 11.4 Å². The van der Waals surface area contributed by atoms with E-state index in [1.807, 2.05) is 0 Å². The molecule has 6 atom stereocenters. The maximum atomic E-state index is 13.5. The van der Waals surface area contributed by atoms with Crippen molar-refractivity contribution in [2.24, 2.45) is 28.6 Å².